The summed E-state index contributed by atoms with van der Waals surface area (Å²) in [4.78, 5) is 34.8. The maximum absolute atomic E-state index is 12.5. The molecule has 1 saturated carbocycles. The molecule has 0 atom stereocenters. The molecule has 0 spiro atoms. The first-order valence-corrected chi connectivity index (χ1v) is 7.82. The van der Waals surface area contributed by atoms with E-state index in [1.54, 1.807) is 0 Å². The van der Waals surface area contributed by atoms with Gasteiger partial charge in [0.2, 0.25) is 0 Å². The van der Waals surface area contributed by atoms with Crippen LogP contribution in [0.25, 0.3) is 0 Å². The van der Waals surface area contributed by atoms with Gasteiger partial charge in [-0.1, -0.05) is 12.8 Å². The Labute approximate surface area is 140 Å². The van der Waals surface area contributed by atoms with Crippen molar-refractivity contribution in [1.29, 1.82) is 0 Å². The summed E-state index contributed by atoms with van der Waals surface area (Å²) in [5, 5.41) is 13.6. The molecule has 1 aliphatic rings. The Balaban J connectivity index is 2.30. The Kier molecular flexibility index (Phi) is 4.99. The van der Waals surface area contributed by atoms with Gasteiger partial charge in [0.1, 0.15) is 5.54 Å². The van der Waals surface area contributed by atoms with Crippen molar-refractivity contribution in [3.8, 4) is 0 Å². The van der Waals surface area contributed by atoms with E-state index in [0.717, 1.165) is 12.8 Å². The fraction of sp³-hybridized carbons (Fsp3) is 0.429. The zero-order chi connectivity index (χ0) is 16.3. The fourth-order valence-corrected chi connectivity index (χ4v) is 3.22. The quantitative estimate of drug-likeness (QED) is 0.351. The van der Waals surface area contributed by atoms with E-state index >= 15 is 0 Å². The van der Waals surface area contributed by atoms with Crippen molar-refractivity contribution < 1.29 is 19.2 Å². The molecule has 118 valence electrons. The van der Waals surface area contributed by atoms with Gasteiger partial charge in [-0.2, -0.15) is 0 Å². The lowest BCUT2D eigenvalue weighted by Crippen LogP contribution is -2.53. The molecule has 0 saturated heterocycles. The highest BCUT2D eigenvalue weighted by atomic mass is 127. The molecule has 0 bridgehead atoms. The number of esters is 1. The summed E-state index contributed by atoms with van der Waals surface area (Å²) >= 11 is 1.93. The maximum Gasteiger partial charge on any atom is 0.331 e. The Morgan fingerprint density at radius 2 is 2.00 bits per heavy atom. The second-order valence-electron chi connectivity index (χ2n) is 5.16. The molecule has 2 rings (SSSR count). The number of methoxy groups -OCH3 is 1. The van der Waals surface area contributed by atoms with E-state index in [0.29, 0.717) is 16.4 Å². The molecule has 0 unspecified atom stereocenters. The van der Waals surface area contributed by atoms with Crippen LogP contribution in [-0.4, -0.2) is 29.4 Å². The van der Waals surface area contributed by atoms with Gasteiger partial charge < -0.3 is 10.1 Å². The lowest BCUT2D eigenvalue weighted by atomic mass is 9.97. The number of carbonyl (C=O) groups is 2. The van der Waals surface area contributed by atoms with Crippen molar-refractivity contribution in [2.45, 2.75) is 31.2 Å². The minimum atomic E-state index is -1.03. The van der Waals surface area contributed by atoms with Gasteiger partial charge in [0.25, 0.3) is 11.6 Å². The predicted molar refractivity (Wildman–Crippen MR) is 86.5 cm³/mol. The Morgan fingerprint density at radius 1 is 1.36 bits per heavy atom. The SMILES string of the molecule is COC(=O)C1(NC(=O)c2cc([N+](=O)[O-])ccc2I)CCCC1. The molecule has 22 heavy (non-hydrogen) atoms. The number of ether oxygens (including phenoxy) is 1. The number of nitrogens with one attached hydrogen (secondary N) is 1. The topological polar surface area (TPSA) is 98.5 Å². The molecule has 0 aromatic heterocycles. The van der Waals surface area contributed by atoms with E-state index < -0.39 is 22.3 Å². The largest absolute Gasteiger partial charge is 0.467 e. The number of halogens is 1. The maximum atomic E-state index is 12.5. The lowest BCUT2D eigenvalue weighted by molar-refractivity contribution is -0.384. The first-order valence-electron chi connectivity index (χ1n) is 6.74. The number of carbonyl (C=O) groups excluding carboxylic acids is 2. The first kappa shape index (κ1) is 16.7. The van der Waals surface area contributed by atoms with Gasteiger partial charge in [-0.3, -0.25) is 14.9 Å². The second kappa shape index (κ2) is 6.59. The molecule has 1 aromatic rings. The monoisotopic (exact) mass is 418 g/mol. The van der Waals surface area contributed by atoms with Crippen LogP contribution < -0.4 is 5.32 Å². The summed E-state index contributed by atoms with van der Waals surface area (Å²) in [7, 11) is 1.28. The van der Waals surface area contributed by atoms with Crippen molar-refractivity contribution in [2.75, 3.05) is 7.11 Å². The van der Waals surface area contributed by atoms with Gasteiger partial charge in [-0.05, 0) is 41.5 Å². The third kappa shape index (κ3) is 3.21. The summed E-state index contributed by atoms with van der Waals surface area (Å²) < 4.78 is 5.38. The van der Waals surface area contributed by atoms with Gasteiger partial charge in [0.15, 0.2) is 0 Å². The van der Waals surface area contributed by atoms with Crippen LogP contribution in [0.15, 0.2) is 18.2 Å². The number of benzene rings is 1. The van der Waals surface area contributed by atoms with Crippen LogP contribution in [0.2, 0.25) is 0 Å². The highest BCUT2D eigenvalue weighted by molar-refractivity contribution is 14.1. The Morgan fingerprint density at radius 3 is 2.55 bits per heavy atom. The second-order valence-corrected chi connectivity index (χ2v) is 6.32. The van der Waals surface area contributed by atoms with E-state index in [4.69, 9.17) is 4.74 Å². The average molecular weight is 418 g/mol. The molecule has 1 aromatic carbocycles. The summed E-state index contributed by atoms with van der Waals surface area (Å²) in [5.41, 5.74) is -1.01. The molecule has 7 nitrogen and oxygen atoms in total. The number of non-ortho nitro benzene ring substituents is 1. The minimum absolute atomic E-state index is 0.163. The zero-order valence-corrected chi connectivity index (χ0v) is 14.1. The lowest BCUT2D eigenvalue weighted by Gasteiger charge is -2.27. The molecular weight excluding hydrogens is 403 g/mol. The molecule has 1 amide bonds. The number of hydrogen-bond acceptors (Lipinski definition) is 5. The van der Waals surface area contributed by atoms with Gasteiger partial charge in [0.05, 0.1) is 17.6 Å². The molecule has 0 radical (unpaired) electrons. The van der Waals surface area contributed by atoms with E-state index in [2.05, 4.69) is 5.32 Å². The van der Waals surface area contributed by atoms with Crippen LogP contribution >= 0.6 is 22.6 Å². The predicted octanol–water partition coefficient (Wildman–Crippen LogP) is 2.42. The van der Waals surface area contributed by atoms with Crippen LogP contribution in [0.5, 0.6) is 0 Å². The van der Waals surface area contributed by atoms with Crippen LogP contribution in [0.3, 0.4) is 0 Å². The highest BCUT2D eigenvalue weighted by Gasteiger charge is 2.44. The molecule has 1 N–H and O–H groups in total. The molecule has 1 aliphatic carbocycles. The van der Waals surface area contributed by atoms with Crippen LogP contribution in [0, 0.1) is 13.7 Å². The van der Waals surface area contributed by atoms with Crippen molar-refractivity contribution in [1.82, 2.24) is 5.32 Å². The number of nitro benzene ring substituents is 1. The first-order chi connectivity index (χ1) is 10.4. The molecule has 0 aliphatic heterocycles. The van der Waals surface area contributed by atoms with Crippen LogP contribution in [0.4, 0.5) is 5.69 Å². The number of nitrogens with zero attached hydrogens (tertiary/aromatic N) is 1. The summed E-state index contributed by atoms with van der Waals surface area (Å²) in [6.45, 7) is 0. The summed E-state index contributed by atoms with van der Waals surface area (Å²) in [5.74, 6) is -0.973. The van der Waals surface area contributed by atoms with Crippen molar-refractivity contribution in [2.24, 2.45) is 0 Å². The third-order valence-electron chi connectivity index (χ3n) is 3.79. The fourth-order valence-electron chi connectivity index (χ4n) is 2.64. The highest BCUT2D eigenvalue weighted by Crippen LogP contribution is 2.31. The van der Waals surface area contributed by atoms with Gasteiger partial charge >= 0.3 is 5.97 Å². The van der Waals surface area contributed by atoms with Gasteiger partial charge in [0, 0.05) is 15.7 Å². The zero-order valence-electron chi connectivity index (χ0n) is 11.9. The molecule has 1 fully saturated rings. The standard InChI is InChI=1S/C14H15IN2O5/c1-22-13(19)14(6-2-3-7-14)16-12(18)10-8-9(17(20)21)4-5-11(10)15/h4-5,8H,2-3,6-7H2,1H3,(H,16,18). The van der Waals surface area contributed by atoms with Crippen molar-refractivity contribution in [3.63, 3.8) is 0 Å². The Bertz CT molecular complexity index is 626. The third-order valence-corrected chi connectivity index (χ3v) is 4.73. The number of rotatable bonds is 4. The molecule has 0 heterocycles. The normalized spacial score (nSPS) is 16.1. The minimum Gasteiger partial charge on any atom is -0.467 e. The number of nitro groups is 1. The number of amides is 1. The summed E-state index contributed by atoms with van der Waals surface area (Å²) in [6, 6.07) is 4.06. The van der Waals surface area contributed by atoms with Gasteiger partial charge in [-0.25, -0.2) is 4.79 Å². The Hall–Kier alpha value is -1.71. The smallest absolute Gasteiger partial charge is 0.331 e. The molecular formula is C14H15IN2O5. The van der Waals surface area contributed by atoms with Crippen LogP contribution in [-0.2, 0) is 9.53 Å². The average Bonchev–Trinajstić information content (AvgIpc) is 2.96. The van der Waals surface area contributed by atoms with E-state index in [-0.39, 0.29) is 11.3 Å². The molecule has 8 heteroatoms. The number of hydrogen-bond donors (Lipinski definition) is 1. The van der Waals surface area contributed by atoms with E-state index in [9.17, 15) is 19.7 Å². The van der Waals surface area contributed by atoms with Crippen LogP contribution in [0.1, 0.15) is 36.0 Å². The van der Waals surface area contributed by atoms with Crippen molar-refractivity contribution >= 4 is 40.2 Å². The van der Waals surface area contributed by atoms with Crippen molar-refractivity contribution in [3.05, 3.63) is 37.4 Å². The van der Waals surface area contributed by atoms with E-state index in [1.165, 1.54) is 25.3 Å². The van der Waals surface area contributed by atoms with E-state index in [1.807, 2.05) is 22.6 Å². The summed E-state index contributed by atoms with van der Waals surface area (Å²) in [6.07, 6.45) is 2.66. The van der Waals surface area contributed by atoms with Gasteiger partial charge in [-0.15, -0.1) is 0 Å².